The summed E-state index contributed by atoms with van der Waals surface area (Å²) in [6.07, 6.45) is -1.02. The minimum Gasteiger partial charge on any atom is -0.450 e. The summed E-state index contributed by atoms with van der Waals surface area (Å²) in [4.78, 5) is 67.6. The summed E-state index contributed by atoms with van der Waals surface area (Å²) in [5.41, 5.74) is 3.49. The Hall–Kier alpha value is -5.81. The fraction of sp³-hybridized carbons (Fsp3) is 0.393. The molecule has 4 heterocycles. The van der Waals surface area contributed by atoms with Gasteiger partial charge in [-0.1, -0.05) is 0 Å². The lowest BCUT2D eigenvalue weighted by atomic mass is 10.2. The molecule has 1 aliphatic rings. The van der Waals surface area contributed by atoms with Crippen LogP contribution in [0.1, 0.15) is 40.3 Å². The Balaban J connectivity index is 0.000000250. The van der Waals surface area contributed by atoms with Gasteiger partial charge in [0.1, 0.15) is 22.8 Å². The quantitative estimate of drug-likeness (QED) is 0.199. The number of aliphatic imine (C=N–C) groups is 1. The molecule has 0 bridgehead atoms. The second-order valence-corrected chi connectivity index (χ2v) is 9.07. The highest BCUT2D eigenvalue weighted by molar-refractivity contribution is 6.00. The average molecular weight is 641 g/mol. The molecular weight excluding hydrogens is 604 g/mol. The van der Waals surface area contributed by atoms with Crippen molar-refractivity contribution < 1.29 is 38.1 Å². The predicted octanol–water partition coefficient (Wildman–Crippen LogP) is 5.21. The van der Waals surface area contributed by atoms with Gasteiger partial charge in [0, 0.05) is 24.0 Å². The first kappa shape index (κ1) is 34.7. The number of amides is 4. The van der Waals surface area contributed by atoms with E-state index in [1.165, 1.54) is 6.07 Å². The number of nitrogens with zero attached hydrogens (tertiary/aromatic N) is 5. The van der Waals surface area contributed by atoms with Gasteiger partial charge in [-0.2, -0.15) is 0 Å². The molecule has 0 radical (unpaired) electrons. The van der Waals surface area contributed by atoms with Crippen LogP contribution >= 0.6 is 0 Å². The number of nitrogens with one attached hydrogen (secondary N) is 5. The molecule has 0 saturated carbocycles. The number of ether oxygens (including phenoxy) is 4. The molecule has 0 spiro atoms. The van der Waals surface area contributed by atoms with Crippen LogP contribution in [0.5, 0.6) is 0 Å². The van der Waals surface area contributed by atoms with E-state index in [9.17, 15) is 19.2 Å². The molecule has 0 fully saturated rings. The van der Waals surface area contributed by atoms with Crippen LogP contribution in [0, 0.1) is 6.92 Å². The van der Waals surface area contributed by atoms with Crippen molar-refractivity contribution in [3.63, 3.8) is 0 Å². The minimum absolute atomic E-state index is 0.143. The monoisotopic (exact) mass is 640 g/mol. The lowest BCUT2D eigenvalue weighted by Crippen LogP contribution is -2.20. The molecule has 18 nitrogen and oxygen atoms in total. The van der Waals surface area contributed by atoms with E-state index in [0.717, 1.165) is 5.71 Å². The minimum atomic E-state index is -0.669. The normalized spacial score (nSPS) is 11.3. The number of rotatable bonds is 8. The first-order valence-electron chi connectivity index (χ1n) is 14.3. The van der Waals surface area contributed by atoms with Gasteiger partial charge in [0.05, 0.1) is 49.9 Å². The van der Waals surface area contributed by atoms with E-state index in [1.54, 1.807) is 46.9 Å². The molecule has 4 amide bonds. The highest BCUT2D eigenvalue weighted by Crippen LogP contribution is 2.36. The van der Waals surface area contributed by atoms with E-state index in [1.807, 2.05) is 6.92 Å². The summed E-state index contributed by atoms with van der Waals surface area (Å²) < 4.78 is 19.3. The first-order valence-corrected chi connectivity index (χ1v) is 14.3. The second kappa shape index (κ2) is 16.9. The van der Waals surface area contributed by atoms with E-state index in [4.69, 9.17) is 18.9 Å². The molecule has 18 heteroatoms. The summed E-state index contributed by atoms with van der Waals surface area (Å²) in [5.74, 6) is 0.750. The zero-order chi connectivity index (χ0) is 33.6. The summed E-state index contributed by atoms with van der Waals surface area (Å²) >= 11 is 0. The third-order valence-electron chi connectivity index (χ3n) is 5.48. The van der Waals surface area contributed by atoms with Crippen LogP contribution in [-0.2, 0) is 18.9 Å². The Morgan fingerprint density at radius 2 is 1.22 bits per heavy atom. The lowest BCUT2D eigenvalue weighted by molar-refractivity contribution is 0.166. The van der Waals surface area contributed by atoms with Crippen molar-refractivity contribution in [1.29, 1.82) is 0 Å². The Labute approximate surface area is 264 Å². The van der Waals surface area contributed by atoms with Gasteiger partial charge >= 0.3 is 24.4 Å². The number of hydrogen-bond donors (Lipinski definition) is 5. The molecule has 0 aromatic carbocycles. The third kappa shape index (κ3) is 10.1. The van der Waals surface area contributed by atoms with Crippen LogP contribution in [0.15, 0.2) is 23.3 Å². The smallest absolute Gasteiger partial charge is 0.412 e. The highest BCUT2D eigenvalue weighted by atomic mass is 16.6. The number of anilines is 5. The maximum Gasteiger partial charge on any atom is 0.412 e. The lowest BCUT2D eigenvalue weighted by Gasteiger charge is -2.19. The molecule has 246 valence electrons. The van der Waals surface area contributed by atoms with Crippen LogP contribution in [0.4, 0.5) is 53.8 Å². The van der Waals surface area contributed by atoms with Crippen LogP contribution < -0.4 is 26.6 Å². The van der Waals surface area contributed by atoms with Gasteiger partial charge in [-0.15, -0.1) is 0 Å². The van der Waals surface area contributed by atoms with Gasteiger partial charge in [0.15, 0.2) is 11.6 Å². The zero-order valence-corrected chi connectivity index (χ0v) is 26.3. The highest BCUT2D eigenvalue weighted by Gasteiger charge is 2.20. The maximum absolute atomic E-state index is 11.7. The second-order valence-electron chi connectivity index (χ2n) is 9.07. The fourth-order valence-electron chi connectivity index (χ4n) is 3.72. The summed E-state index contributed by atoms with van der Waals surface area (Å²) in [5, 5.41) is 13.1. The van der Waals surface area contributed by atoms with E-state index in [-0.39, 0.29) is 49.7 Å². The number of pyridine rings is 2. The van der Waals surface area contributed by atoms with E-state index in [0.29, 0.717) is 34.6 Å². The third-order valence-corrected chi connectivity index (χ3v) is 5.48. The van der Waals surface area contributed by atoms with Crippen LogP contribution in [0.2, 0.25) is 0 Å². The number of carbonyl (C=O) groups is 4. The topological polar surface area (TPSA) is 229 Å². The Kier molecular flexibility index (Phi) is 12.7. The van der Waals surface area contributed by atoms with Gasteiger partial charge in [-0.3, -0.25) is 31.2 Å². The van der Waals surface area contributed by atoms with Gasteiger partial charge in [0.25, 0.3) is 0 Å². The number of hydrogen-bond acceptors (Lipinski definition) is 14. The average Bonchev–Trinajstić information content (AvgIpc) is 2.98. The molecule has 4 rings (SSSR count). The Morgan fingerprint density at radius 3 is 1.78 bits per heavy atom. The predicted molar refractivity (Wildman–Crippen MR) is 170 cm³/mol. The number of fused-ring (bicyclic) bond motifs is 2. The molecular formula is C28H36N10O8. The fourth-order valence-corrected chi connectivity index (χ4v) is 3.72. The number of carbonyl (C=O) groups excluding carboxylic acids is 4. The molecule has 0 atom stereocenters. The van der Waals surface area contributed by atoms with Crippen molar-refractivity contribution >= 4 is 75.8 Å². The molecule has 0 saturated heterocycles. The molecule has 5 N–H and O–H groups in total. The largest absolute Gasteiger partial charge is 0.450 e. The van der Waals surface area contributed by atoms with Crippen molar-refractivity contribution in [1.82, 2.24) is 19.9 Å². The molecule has 1 aliphatic heterocycles. The van der Waals surface area contributed by atoms with Crippen molar-refractivity contribution in [3.8, 4) is 0 Å². The first-order chi connectivity index (χ1) is 22.1. The van der Waals surface area contributed by atoms with Crippen molar-refractivity contribution in [3.05, 3.63) is 24.0 Å². The van der Waals surface area contributed by atoms with Crippen LogP contribution in [0.25, 0.3) is 11.0 Å². The van der Waals surface area contributed by atoms with Crippen molar-refractivity contribution in [2.45, 2.75) is 41.5 Å². The molecule has 0 unspecified atom stereocenters. The van der Waals surface area contributed by atoms with Gasteiger partial charge < -0.3 is 24.3 Å². The van der Waals surface area contributed by atoms with Crippen molar-refractivity contribution in [2.24, 2.45) is 4.99 Å². The molecule has 3 aromatic rings. The zero-order valence-electron chi connectivity index (χ0n) is 26.3. The summed E-state index contributed by atoms with van der Waals surface area (Å²) in [6, 6.07) is 3.16. The van der Waals surface area contributed by atoms with Gasteiger partial charge in [-0.05, 0) is 41.5 Å². The summed E-state index contributed by atoms with van der Waals surface area (Å²) in [7, 11) is 0. The number of aryl methyl sites for hydroxylation is 1. The van der Waals surface area contributed by atoms with E-state index in [2.05, 4.69) is 51.5 Å². The van der Waals surface area contributed by atoms with E-state index >= 15 is 0 Å². The maximum atomic E-state index is 11.7. The Morgan fingerprint density at radius 1 is 0.717 bits per heavy atom. The molecule has 46 heavy (non-hydrogen) atoms. The van der Waals surface area contributed by atoms with Crippen LogP contribution in [0.3, 0.4) is 0 Å². The van der Waals surface area contributed by atoms with E-state index < -0.39 is 24.4 Å². The van der Waals surface area contributed by atoms with Gasteiger partial charge in [0.2, 0.25) is 0 Å². The Bertz CT molecular complexity index is 1610. The SMILES string of the molecule is CCOC(=O)Nc1cc2c(c(NC(=O)OCC)n1)N=C(C)CN2.CCOC(=O)Nc1cc2ncc(C)nc2c(NC(=O)OCC)n1. The number of aromatic nitrogens is 4. The molecule has 0 aliphatic carbocycles. The van der Waals surface area contributed by atoms with Gasteiger partial charge in [-0.25, -0.2) is 34.1 Å². The molecule has 3 aromatic heterocycles. The van der Waals surface area contributed by atoms with Crippen LogP contribution in [-0.4, -0.2) is 83.0 Å². The summed E-state index contributed by atoms with van der Waals surface area (Å²) in [6.45, 7) is 11.9. The van der Waals surface area contributed by atoms with Crippen molar-refractivity contribution in [2.75, 3.05) is 59.6 Å². The standard InChI is InChI=1S/C14H19N5O4.C14H17N5O4/c2*1-4-22-13(20)18-10-6-9-11(16-8(3)7-15-9)12(17-10)19-14(21)23-5-2/h6,15H,4-5,7H2,1-3H3,(H2,17,18,19,20,21);6-7H,4-5H2,1-3H3,(H2,17,18,19,20,21).